The van der Waals surface area contributed by atoms with Crippen molar-refractivity contribution in [1.29, 1.82) is 0 Å². The van der Waals surface area contributed by atoms with E-state index in [4.69, 9.17) is 0 Å². The van der Waals surface area contributed by atoms with Crippen LogP contribution in [-0.4, -0.2) is 17.1 Å². The van der Waals surface area contributed by atoms with Crippen molar-refractivity contribution in [3.8, 4) is 0 Å². The van der Waals surface area contributed by atoms with Crippen LogP contribution in [0.5, 0.6) is 0 Å². The molecule has 0 saturated heterocycles. The van der Waals surface area contributed by atoms with Gasteiger partial charge in [-0.1, -0.05) is 97.3 Å². The van der Waals surface area contributed by atoms with Gasteiger partial charge >= 0.3 is 0 Å². The Morgan fingerprint density at radius 1 is 0.652 bits per heavy atom. The number of rotatable bonds is 18. The van der Waals surface area contributed by atoms with E-state index in [0.717, 1.165) is 6.42 Å². The fraction of sp³-hybridized carbons (Fsp3) is 1.00. The Bertz CT molecular complexity index is 218. The topological polar surface area (TPSA) is 19.9 Å². The third-order valence-corrected chi connectivity index (χ3v) is 6.27. The van der Waals surface area contributed by atoms with Gasteiger partial charge in [0.05, 0.1) is 0 Å². The largest absolute Gasteiger partial charge is 0.232 e. The third-order valence-electron chi connectivity index (χ3n) is 4.70. The van der Waals surface area contributed by atoms with Gasteiger partial charge in [0.2, 0.25) is 0 Å². The first-order chi connectivity index (χ1) is 11.2. The molecular weight excluding hydrogens is 300 g/mol. The molecule has 0 spiro atoms. The SMILES string of the molecule is CCCCCCCCCCCCSC(CCCCCC)C(C)[O]. The van der Waals surface area contributed by atoms with Gasteiger partial charge in [0.25, 0.3) is 0 Å². The van der Waals surface area contributed by atoms with E-state index in [9.17, 15) is 5.11 Å². The molecule has 0 aromatic rings. The van der Waals surface area contributed by atoms with E-state index in [0.29, 0.717) is 5.25 Å². The highest BCUT2D eigenvalue weighted by atomic mass is 32.2. The molecule has 0 fully saturated rings. The van der Waals surface area contributed by atoms with Crippen molar-refractivity contribution >= 4 is 11.8 Å². The van der Waals surface area contributed by atoms with Crippen LogP contribution >= 0.6 is 11.8 Å². The maximum Gasteiger partial charge on any atom is 0.102 e. The summed E-state index contributed by atoms with van der Waals surface area (Å²) < 4.78 is 0. The molecule has 0 rings (SSSR count). The van der Waals surface area contributed by atoms with E-state index >= 15 is 0 Å². The molecule has 0 aromatic carbocycles. The van der Waals surface area contributed by atoms with Gasteiger partial charge in [-0.2, -0.15) is 11.8 Å². The highest BCUT2D eigenvalue weighted by Crippen LogP contribution is 2.23. The van der Waals surface area contributed by atoms with Crippen LogP contribution < -0.4 is 0 Å². The van der Waals surface area contributed by atoms with Gasteiger partial charge in [0.1, 0.15) is 6.10 Å². The van der Waals surface area contributed by atoms with Crippen molar-refractivity contribution in [2.75, 3.05) is 5.75 Å². The van der Waals surface area contributed by atoms with Crippen molar-refractivity contribution in [2.45, 2.75) is 128 Å². The van der Waals surface area contributed by atoms with Crippen LogP contribution in [-0.2, 0) is 5.11 Å². The second kappa shape index (κ2) is 18.6. The molecule has 0 aliphatic rings. The highest BCUT2D eigenvalue weighted by Gasteiger charge is 2.15. The molecule has 0 amide bonds. The Labute approximate surface area is 151 Å². The highest BCUT2D eigenvalue weighted by molar-refractivity contribution is 7.99. The Balaban J connectivity index is 3.38. The minimum absolute atomic E-state index is 0.352. The smallest absolute Gasteiger partial charge is 0.102 e. The summed E-state index contributed by atoms with van der Waals surface area (Å²) in [4.78, 5) is 0. The van der Waals surface area contributed by atoms with Gasteiger partial charge in [0.15, 0.2) is 0 Å². The standard InChI is InChI=1S/C21H43OS/c1-4-6-8-10-11-12-13-14-15-17-19-23-21(20(3)22)18-16-9-7-5-2/h20-21H,4-19H2,1-3H3. The third kappa shape index (κ3) is 16.9. The molecule has 2 atom stereocenters. The van der Waals surface area contributed by atoms with Gasteiger partial charge in [0, 0.05) is 5.25 Å². The molecule has 1 radical (unpaired) electrons. The molecule has 139 valence electrons. The molecule has 2 heteroatoms. The van der Waals surface area contributed by atoms with Crippen molar-refractivity contribution in [3.63, 3.8) is 0 Å². The first-order valence-electron chi connectivity index (χ1n) is 10.5. The summed E-state index contributed by atoms with van der Waals surface area (Å²) in [5.74, 6) is 1.20. The van der Waals surface area contributed by atoms with Crippen LogP contribution in [0, 0.1) is 0 Å². The molecule has 23 heavy (non-hydrogen) atoms. The fourth-order valence-electron chi connectivity index (χ4n) is 3.05. The molecular formula is C21H43OS. The minimum Gasteiger partial charge on any atom is -0.232 e. The number of hydrogen-bond donors (Lipinski definition) is 0. The molecule has 0 heterocycles. The zero-order valence-electron chi connectivity index (χ0n) is 16.3. The van der Waals surface area contributed by atoms with Crippen molar-refractivity contribution in [3.05, 3.63) is 0 Å². The second-order valence-electron chi connectivity index (χ2n) is 7.15. The quantitative estimate of drug-likeness (QED) is 0.232. The van der Waals surface area contributed by atoms with Gasteiger partial charge < -0.3 is 0 Å². The molecule has 0 aliphatic carbocycles. The predicted molar refractivity (Wildman–Crippen MR) is 107 cm³/mol. The molecule has 0 saturated carbocycles. The summed E-state index contributed by atoms with van der Waals surface area (Å²) >= 11 is 1.95. The minimum atomic E-state index is -0.398. The normalized spacial score (nSPS) is 14.1. The molecule has 0 aromatic heterocycles. The lowest BCUT2D eigenvalue weighted by Gasteiger charge is -2.18. The van der Waals surface area contributed by atoms with Gasteiger partial charge in [-0.25, -0.2) is 5.11 Å². The van der Waals surface area contributed by atoms with Crippen LogP contribution in [0.1, 0.15) is 117 Å². The van der Waals surface area contributed by atoms with Crippen LogP contribution in [0.4, 0.5) is 0 Å². The van der Waals surface area contributed by atoms with E-state index < -0.39 is 6.10 Å². The van der Waals surface area contributed by atoms with Crippen LogP contribution in [0.3, 0.4) is 0 Å². The van der Waals surface area contributed by atoms with Gasteiger partial charge in [-0.05, 0) is 25.5 Å². The van der Waals surface area contributed by atoms with Gasteiger partial charge in [-0.3, -0.25) is 0 Å². The van der Waals surface area contributed by atoms with E-state index in [1.165, 1.54) is 95.6 Å². The van der Waals surface area contributed by atoms with Gasteiger partial charge in [-0.15, -0.1) is 0 Å². The lowest BCUT2D eigenvalue weighted by molar-refractivity contribution is 0.100. The Hall–Kier alpha value is 0.310. The summed E-state index contributed by atoms with van der Waals surface area (Å²) in [5, 5.41) is 12.1. The maximum absolute atomic E-state index is 11.8. The zero-order valence-corrected chi connectivity index (χ0v) is 17.1. The average Bonchev–Trinajstić information content (AvgIpc) is 2.54. The predicted octanol–water partition coefficient (Wildman–Crippen LogP) is 7.80. The fourth-order valence-corrected chi connectivity index (χ4v) is 4.33. The monoisotopic (exact) mass is 343 g/mol. The lowest BCUT2D eigenvalue weighted by atomic mass is 10.1. The maximum atomic E-state index is 11.8. The second-order valence-corrected chi connectivity index (χ2v) is 8.49. The van der Waals surface area contributed by atoms with Crippen LogP contribution in [0.2, 0.25) is 0 Å². The summed E-state index contributed by atoms with van der Waals surface area (Å²) in [6.07, 6.45) is 19.8. The van der Waals surface area contributed by atoms with E-state index in [1.54, 1.807) is 0 Å². The molecule has 2 unspecified atom stereocenters. The van der Waals surface area contributed by atoms with Crippen molar-refractivity contribution in [1.82, 2.24) is 0 Å². The first-order valence-corrected chi connectivity index (χ1v) is 11.5. The zero-order chi connectivity index (χ0) is 17.2. The van der Waals surface area contributed by atoms with Crippen LogP contribution in [0.25, 0.3) is 0 Å². The summed E-state index contributed by atoms with van der Waals surface area (Å²) in [5.41, 5.74) is 0. The molecule has 1 nitrogen and oxygen atoms in total. The number of unbranched alkanes of at least 4 members (excludes halogenated alkanes) is 12. The first kappa shape index (κ1) is 23.3. The molecule has 0 N–H and O–H groups in total. The van der Waals surface area contributed by atoms with E-state index in [2.05, 4.69) is 13.8 Å². The molecule has 0 aliphatic heterocycles. The number of thioether (sulfide) groups is 1. The Morgan fingerprint density at radius 2 is 1.09 bits per heavy atom. The summed E-state index contributed by atoms with van der Waals surface area (Å²) in [6.45, 7) is 6.38. The van der Waals surface area contributed by atoms with Crippen molar-refractivity contribution in [2.24, 2.45) is 0 Å². The van der Waals surface area contributed by atoms with E-state index in [-0.39, 0.29) is 0 Å². The van der Waals surface area contributed by atoms with Crippen molar-refractivity contribution < 1.29 is 5.11 Å². The van der Waals surface area contributed by atoms with Crippen LogP contribution in [0.15, 0.2) is 0 Å². The summed E-state index contributed by atoms with van der Waals surface area (Å²) in [7, 11) is 0. The Morgan fingerprint density at radius 3 is 1.57 bits per heavy atom. The lowest BCUT2D eigenvalue weighted by Crippen LogP contribution is -2.18. The average molecular weight is 344 g/mol. The number of hydrogen-bond acceptors (Lipinski definition) is 1. The Kier molecular flexibility index (Phi) is 18.9. The summed E-state index contributed by atoms with van der Waals surface area (Å²) in [6, 6.07) is 0. The van der Waals surface area contributed by atoms with E-state index in [1.807, 2.05) is 18.7 Å². The molecule has 0 bridgehead atoms.